The number of furan rings is 1. The normalized spacial score (nSPS) is 11.4. The Kier molecular flexibility index (Phi) is 4.45. The number of halogens is 1. The SMILES string of the molecule is Cc1cc(CN(C)Cc2ccc(Cl)s2)oc1CN. The van der Waals surface area contributed by atoms with Crippen molar-refractivity contribution in [1.82, 2.24) is 4.90 Å². The standard InChI is InChI=1S/C13H17ClN2OS/c1-9-5-10(17-12(9)6-15)7-16(2)8-11-3-4-13(14)18-11/h3-5H,6-8,15H2,1-2H3. The minimum atomic E-state index is 0.454. The van der Waals surface area contributed by atoms with Gasteiger partial charge in [-0.1, -0.05) is 11.6 Å². The quantitative estimate of drug-likeness (QED) is 0.915. The van der Waals surface area contributed by atoms with E-state index in [1.54, 1.807) is 11.3 Å². The Morgan fingerprint density at radius 2 is 2.17 bits per heavy atom. The second-order valence-electron chi connectivity index (χ2n) is 4.40. The number of thiophene rings is 1. The van der Waals surface area contributed by atoms with Crippen molar-refractivity contribution in [2.45, 2.75) is 26.6 Å². The van der Waals surface area contributed by atoms with Crippen molar-refractivity contribution in [3.05, 3.63) is 44.5 Å². The first kappa shape index (κ1) is 13.6. The van der Waals surface area contributed by atoms with Crippen LogP contribution >= 0.6 is 22.9 Å². The lowest BCUT2D eigenvalue weighted by atomic mass is 10.2. The van der Waals surface area contributed by atoms with Crippen molar-refractivity contribution in [2.75, 3.05) is 7.05 Å². The molecule has 0 bridgehead atoms. The third-order valence-electron chi connectivity index (χ3n) is 2.74. The molecule has 0 amide bonds. The van der Waals surface area contributed by atoms with Crippen LogP contribution in [0.1, 0.15) is 22.0 Å². The van der Waals surface area contributed by atoms with Crippen molar-refractivity contribution in [2.24, 2.45) is 5.73 Å². The lowest BCUT2D eigenvalue weighted by Crippen LogP contribution is -2.16. The van der Waals surface area contributed by atoms with Crippen LogP contribution in [-0.4, -0.2) is 11.9 Å². The molecular weight excluding hydrogens is 268 g/mol. The van der Waals surface area contributed by atoms with Crippen LogP contribution in [-0.2, 0) is 19.6 Å². The highest BCUT2D eigenvalue weighted by molar-refractivity contribution is 7.16. The lowest BCUT2D eigenvalue weighted by Gasteiger charge is -2.13. The molecule has 5 heteroatoms. The van der Waals surface area contributed by atoms with E-state index in [9.17, 15) is 0 Å². The lowest BCUT2D eigenvalue weighted by molar-refractivity contribution is 0.286. The van der Waals surface area contributed by atoms with Crippen LogP contribution in [0.4, 0.5) is 0 Å². The van der Waals surface area contributed by atoms with Gasteiger partial charge in [0.1, 0.15) is 11.5 Å². The van der Waals surface area contributed by atoms with E-state index in [0.717, 1.165) is 34.5 Å². The van der Waals surface area contributed by atoms with E-state index in [4.69, 9.17) is 21.8 Å². The Hall–Kier alpha value is -0.810. The number of nitrogens with two attached hydrogens (primary N) is 1. The molecule has 0 aliphatic carbocycles. The summed E-state index contributed by atoms with van der Waals surface area (Å²) >= 11 is 7.53. The average molecular weight is 285 g/mol. The third-order valence-corrected chi connectivity index (χ3v) is 3.95. The summed E-state index contributed by atoms with van der Waals surface area (Å²) < 4.78 is 6.52. The van der Waals surface area contributed by atoms with Crippen LogP contribution in [0.5, 0.6) is 0 Å². The Bertz CT molecular complexity index is 521. The van der Waals surface area contributed by atoms with Crippen LogP contribution in [0.3, 0.4) is 0 Å². The largest absolute Gasteiger partial charge is 0.463 e. The highest BCUT2D eigenvalue weighted by Crippen LogP contribution is 2.23. The van der Waals surface area contributed by atoms with Crippen LogP contribution in [0, 0.1) is 6.92 Å². The Balaban J connectivity index is 1.96. The summed E-state index contributed by atoms with van der Waals surface area (Å²) in [6, 6.07) is 6.04. The van der Waals surface area contributed by atoms with Crippen LogP contribution < -0.4 is 5.73 Å². The molecule has 0 radical (unpaired) electrons. The summed E-state index contributed by atoms with van der Waals surface area (Å²) in [4.78, 5) is 3.45. The molecule has 0 saturated carbocycles. The summed E-state index contributed by atoms with van der Waals surface area (Å²) in [5.41, 5.74) is 6.73. The molecule has 2 aromatic rings. The number of hydrogen-bond acceptors (Lipinski definition) is 4. The predicted molar refractivity (Wildman–Crippen MR) is 75.8 cm³/mol. The Labute approximate surface area is 116 Å². The fraction of sp³-hybridized carbons (Fsp3) is 0.385. The third kappa shape index (κ3) is 3.36. The zero-order valence-corrected chi connectivity index (χ0v) is 12.1. The maximum atomic E-state index is 5.91. The van der Waals surface area contributed by atoms with Crippen molar-refractivity contribution >= 4 is 22.9 Å². The molecule has 2 N–H and O–H groups in total. The number of nitrogens with zero attached hydrogens (tertiary/aromatic N) is 1. The van der Waals surface area contributed by atoms with E-state index in [0.29, 0.717) is 6.54 Å². The van der Waals surface area contributed by atoms with Gasteiger partial charge < -0.3 is 10.2 Å². The van der Waals surface area contributed by atoms with Crippen LogP contribution in [0.25, 0.3) is 0 Å². The first-order valence-electron chi connectivity index (χ1n) is 5.79. The predicted octanol–water partition coefficient (Wildman–Crippen LogP) is 3.39. The fourth-order valence-electron chi connectivity index (χ4n) is 1.90. The molecule has 0 saturated heterocycles. The van der Waals surface area contributed by atoms with Crippen molar-refractivity contribution in [3.8, 4) is 0 Å². The van der Waals surface area contributed by atoms with Crippen molar-refractivity contribution < 1.29 is 4.42 Å². The molecule has 98 valence electrons. The average Bonchev–Trinajstić information content (AvgIpc) is 2.85. The van der Waals surface area contributed by atoms with Gasteiger partial charge >= 0.3 is 0 Å². The van der Waals surface area contributed by atoms with Gasteiger partial charge in [0, 0.05) is 11.4 Å². The molecule has 2 aromatic heterocycles. The van der Waals surface area contributed by atoms with Crippen molar-refractivity contribution in [1.29, 1.82) is 0 Å². The van der Waals surface area contributed by atoms with Gasteiger partial charge in [-0.3, -0.25) is 4.90 Å². The monoisotopic (exact) mass is 284 g/mol. The molecule has 0 unspecified atom stereocenters. The van der Waals surface area contributed by atoms with Gasteiger partial charge in [-0.05, 0) is 37.7 Å². The molecule has 0 aliphatic rings. The second-order valence-corrected chi connectivity index (χ2v) is 6.20. The number of aryl methyl sites for hydroxylation is 1. The fourth-order valence-corrected chi connectivity index (χ4v) is 3.06. The van der Waals surface area contributed by atoms with Gasteiger partial charge in [0.15, 0.2) is 0 Å². The van der Waals surface area contributed by atoms with Crippen LogP contribution in [0.2, 0.25) is 4.34 Å². The highest BCUT2D eigenvalue weighted by atomic mass is 35.5. The molecule has 0 aliphatic heterocycles. The summed E-state index contributed by atoms with van der Waals surface area (Å²) in [5.74, 6) is 1.83. The Morgan fingerprint density at radius 1 is 1.39 bits per heavy atom. The molecule has 3 nitrogen and oxygen atoms in total. The molecule has 0 aromatic carbocycles. The summed E-state index contributed by atoms with van der Waals surface area (Å²) in [5, 5.41) is 0. The van der Waals surface area contributed by atoms with E-state index >= 15 is 0 Å². The van der Waals surface area contributed by atoms with E-state index in [-0.39, 0.29) is 0 Å². The molecule has 2 rings (SSSR count). The molecule has 18 heavy (non-hydrogen) atoms. The molecule has 0 spiro atoms. The summed E-state index contributed by atoms with van der Waals surface area (Å²) in [6.45, 7) is 4.12. The molecule has 2 heterocycles. The van der Waals surface area contributed by atoms with Gasteiger partial charge in [-0.15, -0.1) is 11.3 Å². The van der Waals surface area contributed by atoms with Gasteiger partial charge in [0.25, 0.3) is 0 Å². The van der Waals surface area contributed by atoms with Gasteiger partial charge in [-0.25, -0.2) is 0 Å². The van der Waals surface area contributed by atoms with E-state index < -0.39 is 0 Å². The van der Waals surface area contributed by atoms with Gasteiger partial charge in [-0.2, -0.15) is 0 Å². The second kappa shape index (κ2) is 5.89. The zero-order valence-electron chi connectivity index (χ0n) is 10.6. The van der Waals surface area contributed by atoms with Crippen LogP contribution in [0.15, 0.2) is 22.6 Å². The number of hydrogen-bond donors (Lipinski definition) is 1. The smallest absolute Gasteiger partial charge is 0.120 e. The maximum absolute atomic E-state index is 5.91. The topological polar surface area (TPSA) is 42.4 Å². The molecule has 0 fully saturated rings. The Morgan fingerprint density at radius 3 is 2.72 bits per heavy atom. The highest BCUT2D eigenvalue weighted by Gasteiger charge is 2.09. The van der Waals surface area contributed by atoms with E-state index in [2.05, 4.69) is 24.1 Å². The number of rotatable bonds is 5. The van der Waals surface area contributed by atoms with Gasteiger partial charge in [0.2, 0.25) is 0 Å². The summed E-state index contributed by atoms with van der Waals surface area (Å²) in [7, 11) is 2.06. The maximum Gasteiger partial charge on any atom is 0.120 e. The first-order valence-corrected chi connectivity index (χ1v) is 6.99. The van der Waals surface area contributed by atoms with Crippen molar-refractivity contribution in [3.63, 3.8) is 0 Å². The van der Waals surface area contributed by atoms with E-state index in [1.807, 2.05) is 13.0 Å². The van der Waals surface area contributed by atoms with E-state index in [1.165, 1.54) is 4.88 Å². The summed E-state index contributed by atoms with van der Waals surface area (Å²) in [6.07, 6.45) is 0. The molecule has 0 atom stereocenters. The zero-order chi connectivity index (χ0) is 13.1. The van der Waals surface area contributed by atoms with Gasteiger partial charge in [0.05, 0.1) is 17.4 Å². The minimum absolute atomic E-state index is 0.454. The minimum Gasteiger partial charge on any atom is -0.463 e. The first-order chi connectivity index (χ1) is 8.58. The molecular formula is C13H17ClN2OS.